The Hall–Kier alpha value is -3.95. The van der Waals surface area contributed by atoms with E-state index in [9.17, 15) is 30.7 Å². The number of halogens is 8. The molecular weight excluding hydrogens is 943 g/mol. The van der Waals surface area contributed by atoms with Crippen molar-refractivity contribution in [3.8, 4) is 0 Å². The van der Waals surface area contributed by atoms with Crippen LogP contribution in [0.4, 0.5) is 30.7 Å². The highest BCUT2D eigenvalue weighted by atomic mass is 35.5. The second kappa shape index (κ2) is 24.6. The fourth-order valence-electron chi connectivity index (χ4n) is 8.59. The molecule has 354 valence electrons. The Labute approximate surface area is 406 Å². The van der Waals surface area contributed by atoms with Gasteiger partial charge in [0.25, 0.3) is 0 Å². The lowest BCUT2D eigenvalue weighted by Crippen LogP contribution is -2.27. The van der Waals surface area contributed by atoms with Crippen LogP contribution >= 0.6 is 46.9 Å². The smallest absolute Gasteiger partial charge is 0.317 e. The van der Waals surface area contributed by atoms with Crippen LogP contribution in [0.2, 0.25) is 5.02 Å². The number of benzene rings is 6. The third-order valence-corrected chi connectivity index (χ3v) is 15.6. The van der Waals surface area contributed by atoms with Gasteiger partial charge in [-0.2, -0.15) is 13.2 Å². The van der Waals surface area contributed by atoms with Gasteiger partial charge in [-0.1, -0.05) is 88.8 Å². The molecule has 0 spiro atoms. The molecule has 0 radical (unpaired) electrons. The number of piperidine rings is 3. The molecule has 0 unspecified atom stereocenters. The fraction of sp³-hybridized carbons (Fsp3) is 0.321. The Morgan fingerprint density at radius 1 is 0.448 bits per heavy atom. The Bertz CT molecular complexity index is 2520. The Kier molecular flexibility index (Phi) is 18.7. The predicted octanol–water partition coefficient (Wildman–Crippen LogP) is 15.5. The molecule has 0 amide bonds. The van der Waals surface area contributed by atoms with Crippen LogP contribution in [0, 0.1) is 30.2 Å². The quantitative estimate of drug-likeness (QED) is 0.125. The largest absolute Gasteiger partial charge is 0.416 e. The second-order valence-electron chi connectivity index (χ2n) is 16.7. The summed E-state index contributed by atoms with van der Waals surface area (Å²) in [7, 11) is 0. The zero-order valence-corrected chi connectivity index (χ0v) is 40.2. The van der Waals surface area contributed by atoms with Gasteiger partial charge in [0.05, 0.1) is 10.6 Å². The van der Waals surface area contributed by atoms with Gasteiger partial charge >= 0.3 is 6.18 Å². The predicted molar refractivity (Wildman–Crippen MR) is 260 cm³/mol. The van der Waals surface area contributed by atoms with Crippen LogP contribution in [0.3, 0.4) is 0 Å². The molecule has 6 aromatic rings. The van der Waals surface area contributed by atoms with Crippen molar-refractivity contribution in [2.75, 3.05) is 39.3 Å². The van der Waals surface area contributed by atoms with Crippen molar-refractivity contribution in [1.29, 1.82) is 0 Å². The van der Waals surface area contributed by atoms with Crippen LogP contribution in [0.1, 0.15) is 84.1 Å². The fourth-order valence-corrected chi connectivity index (χ4v) is 12.0. The zero-order valence-electron chi connectivity index (χ0n) is 37.0. The van der Waals surface area contributed by atoms with E-state index in [4.69, 9.17) is 11.6 Å². The summed E-state index contributed by atoms with van der Waals surface area (Å²) in [4.78, 5) is 4.87. The minimum Gasteiger partial charge on any atom is -0.317 e. The summed E-state index contributed by atoms with van der Waals surface area (Å²) >= 11 is 10.1. The number of rotatable bonds is 9. The van der Waals surface area contributed by atoms with E-state index in [-0.39, 0.29) is 34.3 Å². The Morgan fingerprint density at radius 2 is 0.791 bits per heavy atom. The molecule has 6 aromatic carbocycles. The third-order valence-electron chi connectivity index (χ3n) is 12.1. The molecule has 67 heavy (non-hydrogen) atoms. The molecule has 3 saturated heterocycles. The number of aryl methyl sites for hydroxylation is 1. The SMILES string of the molecule is Cc1ccc(Sc2cccc(F)c2C2CCNCC2)cc1.Fc1cccc(Sc2ccc(C(F)(F)F)cc2)c1C1CCNCC1.Fc1cccc(Sc2cccc(Cl)c2F)c1C1CCNCC1. The molecule has 3 aliphatic heterocycles. The average Bonchev–Trinajstić information content (AvgIpc) is 3.33. The summed E-state index contributed by atoms with van der Waals surface area (Å²) in [6.07, 6.45) is 1.20. The molecule has 3 nitrogen and oxygen atoms in total. The van der Waals surface area contributed by atoms with Crippen LogP contribution < -0.4 is 16.0 Å². The molecule has 14 heteroatoms. The third kappa shape index (κ3) is 14.1. The lowest BCUT2D eigenvalue weighted by atomic mass is 9.90. The van der Waals surface area contributed by atoms with Gasteiger partial charge in [-0.25, -0.2) is 17.6 Å². The van der Waals surface area contributed by atoms with E-state index in [2.05, 4.69) is 47.1 Å². The standard InChI is InChI=1S/C18H17F4NS.C18H20FNS.C17H16ClF2NS/c19-15-2-1-3-16(17(15)12-8-10-23-11-9-12)24-14-6-4-13(5-7-14)18(20,21)22;1-13-5-7-15(8-6-13)21-17-4-2-3-16(19)18(17)14-9-11-20-12-10-14;18-12-3-1-6-15(17(12)20)22-14-5-2-4-13(19)16(14)11-7-9-21-10-8-11/h1-7,12,23H,8-11H2;2-8,14,20H,9-12H2,1H3;1-6,11,21H,7-10H2. The van der Waals surface area contributed by atoms with E-state index >= 15 is 0 Å². The Morgan fingerprint density at radius 3 is 1.18 bits per heavy atom. The van der Waals surface area contributed by atoms with Gasteiger partial charge in [0.15, 0.2) is 5.82 Å². The van der Waals surface area contributed by atoms with E-state index in [1.807, 2.05) is 24.3 Å². The molecule has 0 aliphatic carbocycles. The first-order valence-electron chi connectivity index (χ1n) is 22.5. The summed E-state index contributed by atoms with van der Waals surface area (Å²) < 4.78 is 95.1. The van der Waals surface area contributed by atoms with Gasteiger partial charge < -0.3 is 16.0 Å². The molecule has 9 rings (SSSR count). The molecule has 3 heterocycles. The van der Waals surface area contributed by atoms with E-state index in [0.29, 0.717) is 26.8 Å². The molecule has 3 fully saturated rings. The summed E-state index contributed by atoms with van der Waals surface area (Å²) in [5.41, 5.74) is 2.86. The molecule has 0 saturated carbocycles. The van der Waals surface area contributed by atoms with E-state index in [1.165, 1.54) is 64.3 Å². The average molecular weight is 997 g/mol. The highest BCUT2D eigenvalue weighted by Crippen LogP contribution is 2.42. The monoisotopic (exact) mass is 995 g/mol. The Balaban J connectivity index is 0.000000149. The maximum atomic E-state index is 14.4. The summed E-state index contributed by atoms with van der Waals surface area (Å²) in [6.45, 7) is 7.51. The van der Waals surface area contributed by atoms with Gasteiger partial charge in [0.1, 0.15) is 17.5 Å². The van der Waals surface area contributed by atoms with Gasteiger partial charge in [-0.15, -0.1) is 0 Å². The lowest BCUT2D eigenvalue weighted by Gasteiger charge is -2.25. The number of nitrogens with one attached hydrogen (secondary N) is 3. The first-order valence-corrected chi connectivity index (χ1v) is 25.4. The maximum absolute atomic E-state index is 14.4. The van der Waals surface area contributed by atoms with Crippen molar-refractivity contribution in [2.24, 2.45) is 0 Å². The van der Waals surface area contributed by atoms with Crippen molar-refractivity contribution in [3.63, 3.8) is 0 Å². The summed E-state index contributed by atoms with van der Waals surface area (Å²) in [6, 6.07) is 33.7. The minimum absolute atomic E-state index is 0.0565. The minimum atomic E-state index is -4.34. The topological polar surface area (TPSA) is 36.1 Å². The van der Waals surface area contributed by atoms with E-state index in [1.54, 1.807) is 42.1 Å². The number of alkyl halides is 3. The normalized spacial score (nSPS) is 16.1. The van der Waals surface area contributed by atoms with E-state index in [0.717, 1.165) is 110 Å². The van der Waals surface area contributed by atoms with E-state index < -0.39 is 17.6 Å². The van der Waals surface area contributed by atoms with Crippen molar-refractivity contribution >= 4 is 46.9 Å². The van der Waals surface area contributed by atoms with Gasteiger partial charge in [0, 0.05) is 46.1 Å². The van der Waals surface area contributed by atoms with Crippen molar-refractivity contribution in [1.82, 2.24) is 16.0 Å². The van der Waals surface area contributed by atoms with Crippen molar-refractivity contribution in [2.45, 2.75) is 98.8 Å². The molecule has 0 bridgehead atoms. The first-order chi connectivity index (χ1) is 32.4. The number of hydrogen-bond donors (Lipinski definition) is 3. The highest BCUT2D eigenvalue weighted by molar-refractivity contribution is 8.00. The molecular formula is C53H53ClF7N3S3. The number of hydrogen-bond acceptors (Lipinski definition) is 6. The van der Waals surface area contributed by atoms with Crippen LogP contribution in [0.15, 0.2) is 151 Å². The molecule has 3 aliphatic rings. The summed E-state index contributed by atoms with van der Waals surface area (Å²) in [5, 5.41) is 9.98. The van der Waals surface area contributed by atoms with Crippen LogP contribution in [0.25, 0.3) is 0 Å². The molecule has 0 aromatic heterocycles. The van der Waals surface area contributed by atoms with Crippen LogP contribution in [-0.2, 0) is 6.18 Å². The van der Waals surface area contributed by atoms with Gasteiger partial charge in [-0.05, 0) is 187 Å². The lowest BCUT2D eigenvalue weighted by molar-refractivity contribution is -0.137. The maximum Gasteiger partial charge on any atom is 0.416 e. The zero-order chi connectivity index (χ0) is 47.3. The van der Waals surface area contributed by atoms with Gasteiger partial charge in [-0.3, -0.25) is 0 Å². The molecule has 0 atom stereocenters. The molecule has 3 N–H and O–H groups in total. The highest BCUT2D eigenvalue weighted by Gasteiger charge is 2.30. The van der Waals surface area contributed by atoms with Crippen molar-refractivity contribution in [3.05, 3.63) is 177 Å². The van der Waals surface area contributed by atoms with Crippen LogP contribution in [0.5, 0.6) is 0 Å². The van der Waals surface area contributed by atoms with Crippen LogP contribution in [-0.4, -0.2) is 39.3 Å². The first kappa shape index (κ1) is 50.9. The van der Waals surface area contributed by atoms with Gasteiger partial charge in [0.2, 0.25) is 0 Å². The summed E-state index contributed by atoms with van der Waals surface area (Å²) in [5.74, 6) is -0.302. The van der Waals surface area contributed by atoms with Crippen molar-refractivity contribution < 1.29 is 30.7 Å². The second-order valence-corrected chi connectivity index (χ2v) is 20.4.